The maximum absolute atomic E-state index is 12.5. The van der Waals surface area contributed by atoms with Crippen LogP contribution in [-0.2, 0) is 16.1 Å². The Hall–Kier alpha value is -3.57. The number of esters is 1. The first-order chi connectivity index (χ1) is 21.2. The molecule has 232 valence electrons. The van der Waals surface area contributed by atoms with Crippen LogP contribution in [-0.4, -0.2) is 49.9 Å². The minimum absolute atomic E-state index is 0.144. The van der Waals surface area contributed by atoms with Crippen molar-refractivity contribution in [1.82, 2.24) is 16.1 Å². The summed E-state index contributed by atoms with van der Waals surface area (Å²) in [6.45, 7) is 4.06. The molecule has 0 aromatic heterocycles. The number of hydrogen-bond acceptors (Lipinski definition) is 9. The summed E-state index contributed by atoms with van der Waals surface area (Å²) >= 11 is 4.47. The van der Waals surface area contributed by atoms with Crippen LogP contribution < -0.4 is 30.3 Å². The summed E-state index contributed by atoms with van der Waals surface area (Å²) in [5, 5.41) is 20.1. The van der Waals surface area contributed by atoms with E-state index < -0.39 is 24.3 Å². The number of carbonyl (C=O) groups is 2. The van der Waals surface area contributed by atoms with Crippen LogP contribution in [0.15, 0.2) is 77.0 Å². The van der Waals surface area contributed by atoms with Gasteiger partial charge in [0.25, 0.3) is 0 Å². The summed E-state index contributed by atoms with van der Waals surface area (Å²) in [4.78, 5) is 24.6. The molecule has 1 aliphatic heterocycles. The lowest BCUT2D eigenvalue weighted by molar-refractivity contribution is -0.136. The van der Waals surface area contributed by atoms with Crippen LogP contribution in [0.1, 0.15) is 36.6 Å². The van der Waals surface area contributed by atoms with Gasteiger partial charge in [-0.05, 0) is 94.4 Å². The Balaban J connectivity index is 1.42. The zero-order chi connectivity index (χ0) is 31.6. The van der Waals surface area contributed by atoms with E-state index in [-0.39, 0.29) is 12.2 Å². The molecule has 3 aromatic carbocycles. The standard InChI is InChI=1S/C31H32I2N4O7/c1-4-42-25-13-20(28-27(30(39)41-3)18(2)35-31(40)36-28)10-11-24(25)43-17-26(38)37-34-15-21-12-22(32)14-23(33)29(21)44-16-19-8-6-5-7-9-19/h5-15,26,28,37-38H,4,16-17H2,1-3H3,(H2,35,36,40)/b34-15+/t26-,28+/m0/s1. The van der Waals surface area contributed by atoms with Gasteiger partial charge in [0.2, 0.25) is 0 Å². The molecule has 0 radical (unpaired) electrons. The molecule has 0 fully saturated rings. The predicted octanol–water partition coefficient (Wildman–Crippen LogP) is 5.00. The van der Waals surface area contributed by atoms with Crippen LogP contribution in [0.25, 0.3) is 0 Å². The molecule has 1 aliphatic rings. The van der Waals surface area contributed by atoms with Crippen molar-refractivity contribution < 1.29 is 33.6 Å². The van der Waals surface area contributed by atoms with Gasteiger partial charge in [-0.1, -0.05) is 36.4 Å². The molecule has 0 unspecified atom stereocenters. The van der Waals surface area contributed by atoms with Crippen molar-refractivity contribution in [2.24, 2.45) is 5.10 Å². The summed E-state index contributed by atoms with van der Waals surface area (Å²) in [5.41, 5.74) is 5.75. The van der Waals surface area contributed by atoms with Gasteiger partial charge in [0, 0.05) is 14.8 Å². The van der Waals surface area contributed by atoms with Gasteiger partial charge in [-0.25, -0.2) is 9.59 Å². The van der Waals surface area contributed by atoms with Crippen LogP contribution >= 0.6 is 45.2 Å². The second kappa shape index (κ2) is 15.9. The largest absolute Gasteiger partial charge is 0.490 e. The number of methoxy groups -OCH3 is 1. The average Bonchev–Trinajstić information content (AvgIpc) is 3.00. The quantitative estimate of drug-likeness (QED) is 0.0622. The van der Waals surface area contributed by atoms with Crippen molar-refractivity contribution >= 4 is 63.4 Å². The topological polar surface area (TPSA) is 140 Å². The van der Waals surface area contributed by atoms with Crippen LogP contribution in [0, 0.1) is 7.14 Å². The van der Waals surface area contributed by atoms with Gasteiger partial charge in [0.05, 0.1) is 35.1 Å². The number of amides is 2. The third kappa shape index (κ3) is 8.75. The van der Waals surface area contributed by atoms with Gasteiger partial charge in [-0.15, -0.1) is 0 Å². The molecule has 4 N–H and O–H groups in total. The molecular weight excluding hydrogens is 794 g/mol. The summed E-state index contributed by atoms with van der Waals surface area (Å²) in [6, 6.07) is 17.7. The van der Waals surface area contributed by atoms with Crippen molar-refractivity contribution in [3.05, 3.63) is 95.8 Å². The highest BCUT2D eigenvalue weighted by molar-refractivity contribution is 14.1. The number of benzene rings is 3. The Morgan fingerprint density at radius 2 is 1.86 bits per heavy atom. The fourth-order valence-electron chi connectivity index (χ4n) is 4.37. The number of allylic oxidation sites excluding steroid dienone is 1. The third-order valence-electron chi connectivity index (χ3n) is 6.36. The van der Waals surface area contributed by atoms with Gasteiger partial charge in [0.15, 0.2) is 17.7 Å². The molecule has 2 amide bonds. The first-order valence-corrected chi connectivity index (χ1v) is 15.7. The zero-order valence-corrected chi connectivity index (χ0v) is 28.5. The van der Waals surface area contributed by atoms with Crippen LogP contribution in [0.5, 0.6) is 17.2 Å². The van der Waals surface area contributed by atoms with E-state index in [1.54, 1.807) is 31.3 Å². The molecule has 3 aromatic rings. The molecule has 2 atom stereocenters. The minimum Gasteiger partial charge on any atom is -0.490 e. The van der Waals surface area contributed by atoms with Gasteiger partial charge < -0.3 is 34.7 Å². The Kier molecular flexibility index (Phi) is 12.1. The maximum Gasteiger partial charge on any atom is 0.337 e. The number of urea groups is 1. The molecular formula is C31H32I2N4O7. The highest BCUT2D eigenvalue weighted by Crippen LogP contribution is 2.35. The lowest BCUT2D eigenvalue weighted by Crippen LogP contribution is -2.45. The molecule has 0 aliphatic carbocycles. The smallest absolute Gasteiger partial charge is 0.337 e. The normalized spacial score (nSPS) is 15.3. The molecule has 1 heterocycles. The second-order valence-corrected chi connectivity index (χ2v) is 11.9. The van der Waals surface area contributed by atoms with Gasteiger partial charge in [-0.2, -0.15) is 5.10 Å². The van der Waals surface area contributed by atoms with Gasteiger partial charge in [-0.3, -0.25) is 5.43 Å². The second-order valence-electron chi connectivity index (χ2n) is 9.50. The van der Waals surface area contributed by atoms with E-state index in [0.29, 0.717) is 41.7 Å². The highest BCUT2D eigenvalue weighted by atomic mass is 127. The summed E-state index contributed by atoms with van der Waals surface area (Å²) < 4.78 is 24.6. The third-order valence-corrected chi connectivity index (χ3v) is 7.79. The van der Waals surface area contributed by atoms with E-state index in [1.165, 1.54) is 7.11 Å². The van der Waals surface area contributed by atoms with E-state index in [0.717, 1.165) is 18.3 Å². The molecule has 4 rings (SSSR count). The fraction of sp³-hybridized carbons (Fsp3) is 0.258. The SMILES string of the molecule is CCOc1cc([C@H]2NC(=O)NC(C)=C2C(=O)OC)ccc1OC[C@H](O)N/N=C/c1cc(I)cc(I)c1OCc1ccccc1. The molecule has 0 saturated carbocycles. The number of rotatable bonds is 13. The summed E-state index contributed by atoms with van der Waals surface area (Å²) in [7, 11) is 1.28. The van der Waals surface area contributed by atoms with E-state index in [4.69, 9.17) is 18.9 Å². The molecule has 0 spiro atoms. The molecule has 0 bridgehead atoms. The van der Waals surface area contributed by atoms with Crippen molar-refractivity contribution in [3.8, 4) is 17.2 Å². The number of nitrogens with one attached hydrogen (secondary N) is 3. The van der Waals surface area contributed by atoms with E-state index in [1.807, 2.05) is 49.4 Å². The molecule has 44 heavy (non-hydrogen) atoms. The minimum atomic E-state index is -1.14. The Labute approximate surface area is 282 Å². The summed E-state index contributed by atoms with van der Waals surface area (Å²) in [6.07, 6.45) is 0.451. The molecule has 0 saturated heterocycles. The number of hydrazone groups is 1. The van der Waals surface area contributed by atoms with Crippen molar-refractivity contribution in [2.45, 2.75) is 32.7 Å². The van der Waals surface area contributed by atoms with E-state index in [2.05, 4.69) is 66.3 Å². The molecule has 11 nitrogen and oxygen atoms in total. The van der Waals surface area contributed by atoms with Gasteiger partial charge >= 0.3 is 12.0 Å². The van der Waals surface area contributed by atoms with Crippen molar-refractivity contribution in [1.29, 1.82) is 0 Å². The van der Waals surface area contributed by atoms with Crippen LogP contribution in [0.3, 0.4) is 0 Å². The number of nitrogens with zero attached hydrogens (tertiary/aromatic N) is 1. The summed E-state index contributed by atoms with van der Waals surface area (Å²) in [5.74, 6) is 0.870. The van der Waals surface area contributed by atoms with Crippen LogP contribution in [0.4, 0.5) is 4.79 Å². The predicted molar refractivity (Wildman–Crippen MR) is 182 cm³/mol. The van der Waals surface area contributed by atoms with Crippen molar-refractivity contribution in [2.75, 3.05) is 20.3 Å². The molecule has 13 heteroatoms. The number of halogens is 2. The Morgan fingerprint density at radius 3 is 2.59 bits per heavy atom. The maximum atomic E-state index is 12.5. The van der Waals surface area contributed by atoms with Crippen molar-refractivity contribution in [3.63, 3.8) is 0 Å². The number of ether oxygens (including phenoxy) is 4. The lowest BCUT2D eigenvalue weighted by Gasteiger charge is -2.28. The first-order valence-electron chi connectivity index (χ1n) is 13.6. The number of hydrogen-bond donors (Lipinski definition) is 4. The number of aliphatic hydroxyl groups is 1. The van der Waals surface area contributed by atoms with E-state index >= 15 is 0 Å². The van der Waals surface area contributed by atoms with Gasteiger partial charge in [0.1, 0.15) is 19.0 Å². The zero-order valence-electron chi connectivity index (χ0n) is 24.2. The average molecular weight is 826 g/mol. The monoisotopic (exact) mass is 826 g/mol. The highest BCUT2D eigenvalue weighted by Gasteiger charge is 2.32. The van der Waals surface area contributed by atoms with Crippen LogP contribution in [0.2, 0.25) is 0 Å². The Bertz CT molecular complexity index is 1550. The first kappa shape index (κ1) is 33.3. The lowest BCUT2D eigenvalue weighted by atomic mass is 9.95. The Morgan fingerprint density at radius 1 is 1.09 bits per heavy atom. The number of aliphatic hydroxyl groups excluding tert-OH is 1. The fourth-order valence-corrected chi connectivity index (χ4v) is 6.42. The number of carbonyl (C=O) groups excluding carboxylic acids is 2. The van der Waals surface area contributed by atoms with E-state index in [9.17, 15) is 14.7 Å².